The summed E-state index contributed by atoms with van der Waals surface area (Å²) in [6.07, 6.45) is 2.99. The fourth-order valence-electron chi connectivity index (χ4n) is 3.00. The van der Waals surface area contributed by atoms with Crippen LogP contribution in [0.2, 0.25) is 0 Å². The standard InChI is InChI=1S/C20H22FNO3S2/c1-3-13-10-22(15-6-4-14(21)5-7-15)16-8-19(26-2)17(25-11-20(23)24)9-18(16)27-12-13/h4-9,13H,3,10-12H2,1-2H3,(H,23,24). The molecule has 1 aliphatic heterocycles. The average Bonchev–Trinajstić information content (AvgIpc) is 2.85. The summed E-state index contributed by atoms with van der Waals surface area (Å²) in [5.41, 5.74) is 2.00. The molecule has 0 saturated carbocycles. The van der Waals surface area contributed by atoms with Gasteiger partial charge in [-0.15, -0.1) is 23.5 Å². The van der Waals surface area contributed by atoms with Gasteiger partial charge in [0.25, 0.3) is 0 Å². The molecule has 3 rings (SSSR count). The second-order valence-corrected chi connectivity index (χ2v) is 8.24. The van der Waals surface area contributed by atoms with Gasteiger partial charge in [-0.3, -0.25) is 0 Å². The summed E-state index contributed by atoms with van der Waals surface area (Å²) in [6, 6.07) is 10.5. The summed E-state index contributed by atoms with van der Waals surface area (Å²) in [7, 11) is 0. The van der Waals surface area contributed by atoms with E-state index < -0.39 is 5.97 Å². The van der Waals surface area contributed by atoms with Crippen molar-refractivity contribution in [1.29, 1.82) is 0 Å². The van der Waals surface area contributed by atoms with Crippen LogP contribution in [0, 0.1) is 11.7 Å². The van der Waals surface area contributed by atoms with Crippen LogP contribution in [0.5, 0.6) is 5.75 Å². The van der Waals surface area contributed by atoms with E-state index in [0.717, 1.165) is 39.9 Å². The van der Waals surface area contributed by atoms with Gasteiger partial charge in [-0.2, -0.15) is 0 Å². The fourth-order valence-corrected chi connectivity index (χ4v) is 4.81. The quantitative estimate of drug-likeness (QED) is 0.658. The Balaban J connectivity index is 2.05. The van der Waals surface area contributed by atoms with Crippen molar-refractivity contribution in [2.45, 2.75) is 23.1 Å². The zero-order valence-electron chi connectivity index (χ0n) is 15.3. The number of carboxylic acid groups (broad SMARTS) is 1. The molecule has 0 amide bonds. The molecule has 1 atom stereocenters. The lowest BCUT2D eigenvalue weighted by Gasteiger charge is -2.28. The largest absolute Gasteiger partial charge is 0.481 e. The van der Waals surface area contributed by atoms with E-state index in [9.17, 15) is 9.18 Å². The SMILES string of the molecule is CCC1CSc2cc(OCC(=O)O)c(SC)cc2N(c2ccc(F)cc2)C1. The number of carboxylic acids is 1. The molecule has 1 unspecified atom stereocenters. The molecule has 2 aromatic rings. The van der Waals surface area contributed by atoms with E-state index in [-0.39, 0.29) is 12.4 Å². The van der Waals surface area contributed by atoms with Gasteiger partial charge in [-0.05, 0) is 48.6 Å². The third-order valence-corrected chi connectivity index (χ3v) is 6.55. The molecule has 27 heavy (non-hydrogen) atoms. The van der Waals surface area contributed by atoms with Crippen molar-refractivity contribution in [2.24, 2.45) is 5.92 Å². The molecular formula is C20H22FNO3S2. The summed E-state index contributed by atoms with van der Waals surface area (Å²) in [4.78, 5) is 15.0. The topological polar surface area (TPSA) is 49.8 Å². The van der Waals surface area contributed by atoms with Crippen molar-refractivity contribution < 1.29 is 19.0 Å². The molecule has 0 fully saturated rings. The molecule has 0 radical (unpaired) electrons. The van der Waals surface area contributed by atoms with E-state index in [2.05, 4.69) is 11.8 Å². The van der Waals surface area contributed by atoms with Gasteiger partial charge in [0.05, 0.1) is 10.6 Å². The Labute approximate surface area is 167 Å². The minimum absolute atomic E-state index is 0.252. The van der Waals surface area contributed by atoms with Gasteiger partial charge in [-0.1, -0.05) is 13.3 Å². The Morgan fingerprint density at radius 3 is 2.74 bits per heavy atom. The van der Waals surface area contributed by atoms with Crippen LogP contribution in [-0.4, -0.2) is 36.2 Å². The highest BCUT2D eigenvalue weighted by Crippen LogP contribution is 2.45. The highest BCUT2D eigenvalue weighted by Gasteiger charge is 2.25. The summed E-state index contributed by atoms with van der Waals surface area (Å²) >= 11 is 3.28. The number of nitrogens with zero attached hydrogens (tertiary/aromatic N) is 1. The Hall–Kier alpha value is -1.86. The van der Waals surface area contributed by atoms with Crippen LogP contribution in [0.3, 0.4) is 0 Å². The number of carbonyl (C=O) groups is 1. The zero-order valence-corrected chi connectivity index (χ0v) is 16.9. The molecule has 1 heterocycles. The van der Waals surface area contributed by atoms with E-state index in [4.69, 9.17) is 9.84 Å². The fraction of sp³-hybridized carbons (Fsp3) is 0.350. The first-order chi connectivity index (χ1) is 13.0. The lowest BCUT2D eigenvalue weighted by molar-refractivity contribution is -0.139. The predicted molar refractivity (Wildman–Crippen MR) is 109 cm³/mol. The minimum atomic E-state index is -0.997. The van der Waals surface area contributed by atoms with Crippen LogP contribution in [0.15, 0.2) is 46.2 Å². The molecule has 0 aliphatic carbocycles. The van der Waals surface area contributed by atoms with Crippen molar-refractivity contribution in [3.05, 3.63) is 42.2 Å². The number of aliphatic carboxylic acids is 1. The van der Waals surface area contributed by atoms with Gasteiger partial charge in [0, 0.05) is 22.9 Å². The predicted octanol–water partition coefficient (Wildman–Crippen LogP) is 5.28. The molecular weight excluding hydrogens is 385 g/mol. The van der Waals surface area contributed by atoms with Crippen LogP contribution in [0.25, 0.3) is 0 Å². The monoisotopic (exact) mass is 407 g/mol. The van der Waals surface area contributed by atoms with E-state index in [1.807, 2.05) is 18.4 Å². The first-order valence-electron chi connectivity index (χ1n) is 8.74. The number of rotatable bonds is 6. The molecule has 0 saturated heterocycles. The summed E-state index contributed by atoms with van der Waals surface area (Å²) in [5.74, 6) is 0.804. The van der Waals surface area contributed by atoms with Gasteiger partial charge in [0.1, 0.15) is 11.6 Å². The molecule has 0 spiro atoms. The smallest absolute Gasteiger partial charge is 0.341 e. The van der Waals surface area contributed by atoms with E-state index in [1.165, 1.54) is 23.9 Å². The Bertz CT molecular complexity index is 814. The van der Waals surface area contributed by atoms with Crippen molar-refractivity contribution >= 4 is 40.9 Å². The van der Waals surface area contributed by atoms with E-state index in [0.29, 0.717) is 11.7 Å². The van der Waals surface area contributed by atoms with E-state index in [1.54, 1.807) is 23.9 Å². The van der Waals surface area contributed by atoms with Crippen LogP contribution in [0.4, 0.5) is 15.8 Å². The van der Waals surface area contributed by atoms with Gasteiger partial charge in [0.2, 0.25) is 0 Å². The van der Waals surface area contributed by atoms with Crippen molar-refractivity contribution in [3.63, 3.8) is 0 Å². The molecule has 1 aliphatic rings. The number of benzene rings is 2. The molecule has 144 valence electrons. The highest BCUT2D eigenvalue weighted by atomic mass is 32.2. The van der Waals surface area contributed by atoms with Gasteiger partial charge in [0.15, 0.2) is 6.61 Å². The van der Waals surface area contributed by atoms with Crippen LogP contribution < -0.4 is 9.64 Å². The van der Waals surface area contributed by atoms with Crippen LogP contribution in [-0.2, 0) is 4.79 Å². The number of thioether (sulfide) groups is 2. The van der Waals surface area contributed by atoms with Gasteiger partial charge < -0.3 is 14.7 Å². The third kappa shape index (κ3) is 4.71. The molecule has 7 heteroatoms. The minimum Gasteiger partial charge on any atom is -0.481 e. The number of fused-ring (bicyclic) bond motifs is 1. The molecule has 0 bridgehead atoms. The van der Waals surface area contributed by atoms with Crippen LogP contribution >= 0.6 is 23.5 Å². The number of halogens is 1. The summed E-state index contributed by atoms with van der Waals surface area (Å²) in [5, 5.41) is 8.93. The van der Waals surface area contributed by atoms with Gasteiger partial charge >= 0.3 is 5.97 Å². The maximum Gasteiger partial charge on any atom is 0.341 e. The highest BCUT2D eigenvalue weighted by molar-refractivity contribution is 7.99. The van der Waals surface area contributed by atoms with Crippen molar-refractivity contribution in [1.82, 2.24) is 0 Å². The third-order valence-electron chi connectivity index (χ3n) is 4.52. The van der Waals surface area contributed by atoms with Crippen molar-refractivity contribution in [3.8, 4) is 5.75 Å². The summed E-state index contributed by atoms with van der Waals surface area (Å²) < 4.78 is 18.9. The second kappa shape index (κ2) is 8.89. The lowest BCUT2D eigenvalue weighted by Crippen LogP contribution is -2.24. The molecule has 0 aromatic heterocycles. The normalized spacial score (nSPS) is 16.6. The molecule has 2 aromatic carbocycles. The first-order valence-corrected chi connectivity index (χ1v) is 10.9. The number of ether oxygens (including phenoxy) is 1. The number of anilines is 2. The molecule has 1 N–H and O–H groups in total. The summed E-state index contributed by atoms with van der Waals surface area (Å²) in [6.45, 7) is 2.67. The van der Waals surface area contributed by atoms with E-state index >= 15 is 0 Å². The average molecular weight is 408 g/mol. The number of hydrogen-bond donors (Lipinski definition) is 1. The van der Waals surface area contributed by atoms with Crippen molar-refractivity contribution in [2.75, 3.05) is 30.1 Å². The lowest BCUT2D eigenvalue weighted by atomic mass is 10.1. The van der Waals surface area contributed by atoms with Gasteiger partial charge in [-0.25, -0.2) is 9.18 Å². The first kappa shape index (κ1) is 19.9. The molecule has 4 nitrogen and oxygen atoms in total. The Morgan fingerprint density at radius 2 is 2.11 bits per heavy atom. The van der Waals surface area contributed by atoms with Crippen LogP contribution in [0.1, 0.15) is 13.3 Å². The second-order valence-electron chi connectivity index (χ2n) is 6.33. The zero-order chi connectivity index (χ0) is 19.4. The maximum absolute atomic E-state index is 13.4. The Kier molecular flexibility index (Phi) is 6.55. The number of hydrogen-bond acceptors (Lipinski definition) is 5. The Morgan fingerprint density at radius 1 is 1.37 bits per heavy atom. The maximum atomic E-state index is 13.4.